The smallest absolute Gasteiger partial charge is 0.184 e. The quantitative estimate of drug-likeness (QED) is 0.618. The van der Waals surface area contributed by atoms with Gasteiger partial charge in [-0.2, -0.15) is 0 Å². The molecule has 0 saturated carbocycles. The SMILES string of the molecule is COC[C@H]1OC(O)[C@H](OC)[C@H](OC)[C@@H]1O. The summed E-state index contributed by atoms with van der Waals surface area (Å²) in [5.41, 5.74) is 0. The third-order valence-corrected chi connectivity index (χ3v) is 2.51. The van der Waals surface area contributed by atoms with Gasteiger partial charge < -0.3 is 29.2 Å². The molecule has 6 heteroatoms. The summed E-state index contributed by atoms with van der Waals surface area (Å²) in [4.78, 5) is 0. The van der Waals surface area contributed by atoms with Crippen LogP contribution in [-0.4, -0.2) is 68.9 Å². The van der Waals surface area contributed by atoms with Gasteiger partial charge in [0, 0.05) is 21.3 Å². The van der Waals surface area contributed by atoms with Crippen molar-refractivity contribution in [2.24, 2.45) is 0 Å². The summed E-state index contributed by atoms with van der Waals surface area (Å²) in [5.74, 6) is 0. The van der Waals surface area contributed by atoms with Crippen molar-refractivity contribution in [3.05, 3.63) is 0 Å². The predicted octanol–water partition coefficient (Wildman–Crippen LogP) is -1.26. The third kappa shape index (κ3) is 2.66. The Morgan fingerprint density at radius 1 is 1.07 bits per heavy atom. The van der Waals surface area contributed by atoms with Gasteiger partial charge in [0.15, 0.2) is 6.29 Å². The number of hydrogen-bond acceptors (Lipinski definition) is 6. The van der Waals surface area contributed by atoms with Gasteiger partial charge in [0.1, 0.15) is 24.4 Å². The molecular weight excluding hydrogens is 204 g/mol. The van der Waals surface area contributed by atoms with Gasteiger partial charge in [-0.25, -0.2) is 0 Å². The lowest BCUT2D eigenvalue weighted by Crippen LogP contribution is -2.59. The number of methoxy groups -OCH3 is 3. The first-order chi connectivity index (χ1) is 7.15. The van der Waals surface area contributed by atoms with E-state index < -0.39 is 30.7 Å². The zero-order valence-electron chi connectivity index (χ0n) is 9.12. The van der Waals surface area contributed by atoms with E-state index in [2.05, 4.69) is 0 Å². The molecular formula is C9H18O6. The molecule has 2 N–H and O–H groups in total. The molecule has 6 nitrogen and oxygen atoms in total. The molecule has 1 rings (SSSR count). The van der Waals surface area contributed by atoms with Crippen LogP contribution in [0.25, 0.3) is 0 Å². The molecule has 0 bridgehead atoms. The Morgan fingerprint density at radius 2 is 1.67 bits per heavy atom. The summed E-state index contributed by atoms with van der Waals surface area (Å²) >= 11 is 0. The van der Waals surface area contributed by atoms with Crippen molar-refractivity contribution in [2.45, 2.75) is 30.7 Å². The molecule has 0 amide bonds. The molecule has 0 aromatic heterocycles. The topological polar surface area (TPSA) is 77.4 Å². The highest BCUT2D eigenvalue weighted by molar-refractivity contribution is 4.90. The third-order valence-electron chi connectivity index (χ3n) is 2.51. The summed E-state index contributed by atoms with van der Waals surface area (Å²) in [7, 11) is 4.36. The van der Waals surface area contributed by atoms with E-state index in [0.717, 1.165) is 0 Å². The van der Waals surface area contributed by atoms with Gasteiger partial charge in [0.25, 0.3) is 0 Å². The summed E-state index contributed by atoms with van der Waals surface area (Å²) in [6.07, 6.45) is -3.94. The van der Waals surface area contributed by atoms with E-state index in [9.17, 15) is 10.2 Å². The van der Waals surface area contributed by atoms with Crippen LogP contribution in [0.1, 0.15) is 0 Å². The standard InChI is InChI=1S/C9H18O6/c1-12-4-5-6(10)7(13-2)8(14-3)9(11)15-5/h5-11H,4H2,1-3H3/t5-,6-,7-,8-,9?/m1/s1. The molecule has 1 aliphatic rings. The average molecular weight is 222 g/mol. The highest BCUT2D eigenvalue weighted by atomic mass is 16.7. The Labute approximate surface area is 88.7 Å². The zero-order valence-corrected chi connectivity index (χ0v) is 9.12. The van der Waals surface area contributed by atoms with Gasteiger partial charge in [-0.05, 0) is 0 Å². The molecule has 15 heavy (non-hydrogen) atoms. The summed E-state index contributed by atoms with van der Waals surface area (Å²) in [6, 6.07) is 0. The lowest BCUT2D eigenvalue weighted by Gasteiger charge is -2.41. The van der Waals surface area contributed by atoms with E-state index in [0.29, 0.717) is 0 Å². The minimum absolute atomic E-state index is 0.189. The molecule has 0 spiro atoms. The minimum Gasteiger partial charge on any atom is -0.387 e. The van der Waals surface area contributed by atoms with Crippen LogP contribution in [0.2, 0.25) is 0 Å². The maximum absolute atomic E-state index is 9.86. The summed E-state index contributed by atoms with van der Waals surface area (Å²) in [6.45, 7) is 0.189. The molecule has 1 heterocycles. The van der Waals surface area contributed by atoms with Crippen LogP contribution in [0.15, 0.2) is 0 Å². The van der Waals surface area contributed by atoms with Crippen molar-refractivity contribution in [3.8, 4) is 0 Å². The second kappa shape index (κ2) is 5.74. The molecule has 1 unspecified atom stereocenters. The van der Waals surface area contributed by atoms with Crippen LogP contribution in [0.4, 0.5) is 0 Å². The Bertz CT molecular complexity index is 187. The van der Waals surface area contributed by atoms with Crippen LogP contribution < -0.4 is 0 Å². The van der Waals surface area contributed by atoms with Gasteiger partial charge in [-0.1, -0.05) is 0 Å². The van der Waals surface area contributed by atoms with Crippen molar-refractivity contribution in [1.29, 1.82) is 0 Å². The molecule has 1 fully saturated rings. The van der Waals surface area contributed by atoms with Crippen molar-refractivity contribution in [3.63, 3.8) is 0 Å². The summed E-state index contributed by atoms with van der Waals surface area (Å²) < 4.78 is 20.1. The van der Waals surface area contributed by atoms with Crippen LogP contribution >= 0.6 is 0 Å². The van der Waals surface area contributed by atoms with Crippen LogP contribution in [0, 0.1) is 0 Å². The molecule has 1 aliphatic heterocycles. The van der Waals surface area contributed by atoms with E-state index in [-0.39, 0.29) is 6.61 Å². The van der Waals surface area contributed by atoms with Crippen molar-refractivity contribution in [2.75, 3.05) is 27.9 Å². The maximum atomic E-state index is 9.86. The van der Waals surface area contributed by atoms with E-state index >= 15 is 0 Å². The number of hydrogen-bond donors (Lipinski definition) is 2. The number of aliphatic hydroxyl groups excluding tert-OH is 2. The van der Waals surface area contributed by atoms with Crippen LogP contribution in [-0.2, 0) is 18.9 Å². The second-order valence-corrected chi connectivity index (χ2v) is 3.41. The fourth-order valence-electron chi connectivity index (χ4n) is 1.73. The molecule has 1 saturated heterocycles. The zero-order chi connectivity index (χ0) is 11.4. The van der Waals surface area contributed by atoms with Crippen LogP contribution in [0.3, 0.4) is 0 Å². The first kappa shape index (κ1) is 12.8. The van der Waals surface area contributed by atoms with Gasteiger partial charge in [-0.3, -0.25) is 0 Å². The fourth-order valence-corrected chi connectivity index (χ4v) is 1.73. The van der Waals surface area contributed by atoms with Gasteiger partial charge in [-0.15, -0.1) is 0 Å². The van der Waals surface area contributed by atoms with E-state index in [4.69, 9.17) is 18.9 Å². The van der Waals surface area contributed by atoms with Crippen LogP contribution in [0.5, 0.6) is 0 Å². The van der Waals surface area contributed by atoms with Gasteiger partial charge in [0.05, 0.1) is 6.61 Å². The number of aliphatic hydroxyl groups is 2. The van der Waals surface area contributed by atoms with E-state index in [1.807, 2.05) is 0 Å². The minimum atomic E-state index is -1.12. The Balaban J connectivity index is 2.70. The molecule has 0 aliphatic carbocycles. The second-order valence-electron chi connectivity index (χ2n) is 3.41. The van der Waals surface area contributed by atoms with Crippen molar-refractivity contribution in [1.82, 2.24) is 0 Å². The normalized spacial score (nSPS) is 41.8. The average Bonchev–Trinajstić information content (AvgIpc) is 2.22. The largest absolute Gasteiger partial charge is 0.387 e. The van der Waals surface area contributed by atoms with E-state index in [1.54, 1.807) is 0 Å². The van der Waals surface area contributed by atoms with Gasteiger partial charge in [0.2, 0.25) is 0 Å². The maximum Gasteiger partial charge on any atom is 0.184 e. The fraction of sp³-hybridized carbons (Fsp3) is 1.00. The van der Waals surface area contributed by atoms with Gasteiger partial charge >= 0.3 is 0 Å². The van der Waals surface area contributed by atoms with Crippen molar-refractivity contribution >= 4 is 0 Å². The Hall–Kier alpha value is -0.240. The highest BCUT2D eigenvalue weighted by Gasteiger charge is 2.45. The number of rotatable bonds is 4. The molecule has 0 radical (unpaired) electrons. The Kier molecular flexibility index (Phi) is 4.91. The number of ether oxygens (including phenoxy) is 4. The molecule has 90 valence electrons. The predicted molar refractivity (Wildman–Crippen MR) is 50.4 cm³/mol. The van der Waals surface area contributed by atoms with Crippen molar-refractivity contribution < 1.29 is 29.2 Å². The lowest BCUT2D eigenvalue weighted by molar-refractivity contribution is -0.296. The summed E-state index contributed by atoms with van der Waals surface area (Å²) in [5, 5.41) is 19.4. The molecule has 0 aromatic rings. The first-order valence-electron chi connectivity index (χ1n) is 4.71. The van der Waals surface area contributed by atoms with E-state index in [1.165, 1.54) is 21.3 Å². The molecule has 0 aromatic carbocycles. The monoisotopic (exact) mass is 222 g/mol. The highest BCUT2D eigenvalue weighted by Crippen LogP contribution is 2.23. The molecule has 5 atom stereocenters. The lowest BCUT2D eigenvalue weighted by atomic mass is 9.99. The Morgan fingerprint density at radius 3 is 2.13 bits per heavy atom. The first-order valence-corrected chi connectivity index (χ1v) is 4.71.